The van der Waals surface area contributed by atoms with Crippen LogP contribution in [-0.2, 0) is 4.79 Å². The van der Waals surface area contributed by atoms with E-state index in [0.29, 0.717) is 18.4 Å². The molecular formula is C14H26N2O. The average Bonchev–Trinajstić information content (AvgIpc) is 2.67. The van der Waals surface area contributed by atoms with E-state index in [1.54, 1.807) is 0 Å². The highest BCUT2D eigenvalue weighted by molar-refractivity contribution is 5.83. The van der Waals surface area contributed by atoms with E-state index in [2.05, 4.69) is 19.2 Å². The summed E-state index contributed by atoms with van der Waals surface area (Å²) in [6, 6.07) is 0. The van der Waals surface area contributed by atoms with Gasteiger partial charge in [0.2, 0.25) is 5.91 Å². The Morgan fingerprint density at radius 3 is 2.53 bits per heavy atom. The largest absolute Gasteiger partial charge is 0.355 e. The molecule has 2 aliphatic rings. The molecule has 2 saturated carbocycles. The van der Waals surface area contributed by atoms with E-state index in [4.69, 9.17) is 5.73 Å². The summed E-state index contributed by atoms with van der Waals surface area (Å²) in [7, 11) is 0. The van der Waals surface area contributed by atoms with Gasteiger partial charge in [-0.3, -0.25) is 4.79 Å². The van der Waals surface area contributed by atoms with Gasteiger partial charge in [0.1, 0.15) is 0 Å². The summed E-state index contributed by atoms with van der Waals surface area (Å²) < 4.78 is 0. The summed E-state index contributed by atoms with van der Waals surface area (Å²) in [6.07, 6.45) is 5.85. The summed E-state index contributed by atoms with van der Waals surface area (Å²) in [5.41, 5.74) is 5.55. The van der Waals surface area contributed by atoms with E-state index < -0.39 is 0 Å². The van der Waals surface area contributed by atoms with Crippen LogP contribution in [0, 0.1) is 23.2 Å². The molecule has 0 radical (unpaired) electrons. The highest BCUT2D eigenvalue weighted by Crippen LogP contribution is 2.44. The van der Waals surface area contributed by atoms with Crippen molar-refractivity contribution >= 4 is 5.91 Å². The summed E-state index contributed by atoms with van der Waals surface area (Å²) in [4.78, 5) is 12.2. The molecule has 0 bridgehead atoms. The summed E-state index contributed by atoms with van der Waals surface area (Å²) in [6.45, 7) is 5.85. The molecule has 17 heavy (non-hydrogen) atoms. The maximum atomic E-state index is 12.2. The third-order valence-electron chi connectivity index (χ3n) is 4.91. The first-order valence-corrected chi connectivity index (χ1v) is 7.06. The second-order valence-electron chi connectivity index (χ2n) is 6.38. The third-order valence-corrected chi connectivity index (χ3v) is 4.91. The molecule has 2 rings (SSSR count). The Bertz CT molecular complexity index is 284. The van der Waals surface area contributed by atoms with Crippen molar-refractivity contribution in [3.05, 3.63) is 0 Å². The molecule has 3 heteroatoms. The van der Waals surface area contributed by atoms with Crippen molar-refractivity contribution in [1.82, 2.24) is 5.32 Å². The van der Waals surface area contributed by atoms with Gasteiger partial charge in [-0.15, -0.1) is 0 Å². The van der Waals surface area contributed by atoms with E-state index in [1.807, 2.05) is 0 Å². The third kappa shape index (κ3) is 2.49. The van der Waals surface area contributed by atoms with Crippen molar-refractivity contribution in [1.29, 1.82) is 0 Å². The summed E-state index contributed by atoms with van der Waals surface area (Å²) >= 11 is 0. The Morgan fingerprint density at radius 2 is 2.06 bits per heavy atom. The highest BCUT2D eigenvalue weighted by atomic mass is 16.2. The SMILES string of the molecule is CC1CC(CN)(C(=O)NCC2CCCC2C)C1. The van der Waals surface area contributed by atoms with Gasteiger partial charge in [0.25, 0.3) is 0 Å². The minimum Gasteiger partial charge on any atom is -0.355 e. The second kappa shape index (κ2) is 4.97. The smallest absolute Gasteiger partial charge is 0.227 e. The Balaban J connectivity index is 1.80. The van der Waals surface area contributed by atoms with Crippen molar-refractivity contribution in [2.75, 3.05) is 13.1 Å². The highest BCUT2D eigenvalue weighted by Gasteiger charge is 2.47. The van der Waals surface area contributed by atoms with Gasteiger partial charge in [-0.2, -0.15) is 0 Å². The van der Waals surface area contributed by atoms with Crippen LogP contribution in [0.5, 0.6) is 0 Å². The monoisotopic (exact) mass is 238 g/mol. The topological polar surface area (TPSA) is 55.1 Å². The molecule has 1 amide bonds. The van der Waals surface area contributed by atoms with Gasteiger partial charge in [0, 0.05) is 13.1 Å². The number of amides is 1. The van der Waals surface area contributed by atoms with Gasteiger partial charge < -0.3 is 11.1 Å². The Hall–Kier alpha value is -0.570. The summed E-state index contributed by atoms with van der Waals surface area (Å²) in [5, 5.41) is 3.15. The van der Waals surface area contributed by atoms with E-state index >= 15 is 0 Å². The Morgan fingerprint density at radius 1 is 1.35 bits per heavy atom. The molecule has 0 aromatic rings. The van der Waals surface area contributed by atoms with Crippen LogP contribution >= 0.6 is 0 Å². The molecule has 2 atom stereocenters. The fourth-order valence-electron chi connectivity index (χ4n) is 3.66. The normalized spacial score (nSPS) is 41.0. The first-order chi connectivity index (χ1) is 8.07. The minimum absolute atomic E-state index is 0.206. The fraction of sp³-hybridized carbons (Fsp3) is 0.929. The number of rotatable bonds is 4. The predicted molar refractivity (Wildman–Crippen MR) is 69.4 cm³/mol. The lowest BCUT2D eigenvalue weighted by Gasteiger charge is -2.44. The molecular weight excluding hydrogens is 212 g/mol. The molecule has 0 aromatic carbocycles. The first-order valence-electron chi connectivity index (χ1n) is 7.06. The first kappa shape index (κ1) is 12.9. The molecule has 3 nitrogen and oxygen atoms in total. The van der Waals surface area contributed by atoms with E-state index in [1.165, 1.54) is 19.3 Å². The quantitative estimate of drug-likeness (QED) is 0.786. The van der Waals surface area contributed by atoms with Gasteiger partial charge >= 0.3 is 0 Å². The number of carbonyl (C=O) groups excluding carboxylic acids is 1. The van der Waals surface area contributed by atoms with Crippen molar-refractivity contribution in [2.45, 2.75) is 46.0 Å². The molecule has 0 saturated heterocycles. The Kier molecular flexibility index (Phi) is 3.76. The van der Waals surface area contributed by atoms with Crippen LogP contribution < -0.4 is 11.1 Å². The standard InChI is InChI=1S/C14H26N2O/c1-10-6-14(7-10,9-15)13(17)16-8-12-5-3-4-11(12)2/h10-12H,3-9,15H2,1-2H3,(H,16,17). The van der Waals surface area contributed by atoms with Gasteiger partial charge in [0.15, 0.2) is 0 Å². The predicted octanol–water partition coefficient (Wildman–Crippen LogP) is 1.91. The van der Waals surface area contributed by atoms with Crippen molar-refractivity contribution < 1.29 is 4.79 Å². The molecule has 0 heterocycles. The van der Waals surface area contributed by atoms with Crippen LogP contribution in [0.1, 0.15) is 46.0 Å². The fourth-order valence-corrected chi connectivity index (χ4v) is 3.66. The van der Waals surface area contributed by atoms with E-state index in [-0.39, 0.29) is 11.3 Å². The molecule has 2 fully saturated rings. The molecule has 2 unspecified atom stereocenters. The number of nitrogens with two attached hydrogens (primary N) is 1. The zero-order chi connectivity index (χ0) is 12.5. The van der Waals surface area contributed by atoms with Crippen molar-refractivity contribution in [3.8, 4) is 0 Å². The van der Waals surface area contributed by atoms with Gasteiger partial charge in [-0.25, -0.2) is 0 Å². The summed E-state index contributed by atoms with van der Waals surface area (Å²) in [5.74, 6) is 2.32. The maximum Gasteiger partial charge on any atom is 0.227 e. The van der Waals surface area contributed by atoms with Crippen LogP contribution in [0.15, 0.2) is 0 Å². The Labute approximate surface area is 105 Å². The second-order valence-corrected chi connectivity index (χ2v) is 6.38. The molecule has 3 N–H and O–H groups in total. The van der Waals surface area contributed by atoms with Crippen LogP contribution in [-0.4, -0.2) is 19.0 Å². The van der Waals surface area contributed by atoms with Crippen LogP contribution in [0.4, 0.5) is 0 Å². The number of hydrogen-bond acceptors (Lipinski definition) is 2. The molecule has 0 spiro atoms. The lowest BCUT2D eigenvalue weighted by atomic mass is 9.62. The number of carbonyl (C=O) groups is 1. The molecule has 98 valence electrons. The van der Waals surface area contributed by atoms with E-state index in [9.17, 15) is 4.79 Å². The van der Waals surface area contributed by atoms with Crippen molar-refractivity contribution in [2.24, 2.45) is 28.9 Å². The zero-order valence-corrected chi connectivity index (χ0v) is 11.2. The van der Waals surface area contributed by atoms with Crippen molar-refractivity contribution in [3.63, 3.8) is 0 Å². The van der Waals surface area contributed by atoms with Crippen LogP contribution in [0.2, 0.25) is 0 Å². The molecule has 0 aromatic heterocycles. The van der Waals surface area contributed by atoms with E-state index in [0.717, 1.165) is 25.3 Å². The van der Waals surface area contributed by atoms with Gasteiger partial charge in [-0.05, 0) is 37.0 Å². The lowest BCUT2D eigenvalue weighted by molar-refractivity contribution is -0.138. The minimum atomic E-state index is -0.235. The molecule has 0 aliphatic heterocycles. The van der Waals surface area contributed by atoms with Gasteiger partial charge in [0.05, 0.1) is 5.41 Å². The molecule has 2 aliphatic carbocycles. The van der Waals surface area contributed by atoms with Gasteiger partial charge in [-0.1, -0.05) is 26.7 Å². The zero-order valence-electron chi connectivity index (χ0n) is 11.2. The maximum absolute atomic E-state index is 12.2. The number of nitrogens with one attached hydrogen (secondary N) is 1. The van der Waals surface area contributed by atoms with Crippen LogP contribution in [0.25, 0.3) is 0 Å². The van der Waals surface area contributed by atoms with Crippen LogP contribution in [0.3, 0.4) is 0 Å². The average molecular weight is 238 g/mol. The lowest BCUT2D eigenvalue weighted by Crippen LogP contribution is -2.54. The number of hydrogen-bond donors (Lipinski definition) is 2.